The Morgan fingerprint density at radius 3 is 2.31 bits per heavy atom. The highest BCUT2D eigenvalue weighted by molar-refractivity contribution is 5.16. The van der Waals surface area contributed by atoms with Gasteiger partial charge < -0.3 is 48.8 Å². The molecule has 0 amide bonds. The van der Waals surface area contributed by atoms with Crippen LogP contribution >= 0.6 is 0 Å². The van der Waals surface area contributed by atoms with Crippen molar-refractivity contribution in [2.24, 2.45) is 0 Å². The van der Waals surface area contributed by atoms with Crippen LogP contribution in [0, 0.1) is 0 Å². The van der Waals surface area contributed by atoms with Crippen molar-refractivity contribution in [3.8, 4) is 0 Å². The predicted octanol–water partition coefficient (Wildman–Crippen LogP) is -1.59. The molecule has 0 aromatic heterocycles. The number of ether oxygens (including phenoxy) is 6. The molecular formula is C19H24O10. The molecule has 10 nitrogen and oxygen atoms in total. The first-order chi connectivity index (χ1) is 14.0. The molecule has 0 spiro atoms. The molecule has 4 saturated heterocycles. The van der Waals surface area contributed by atoms with Crippen LogP contribution in [0.5, 0.6) is 0 Å². The molecule has 10 heteroatoms. The Labute approximate surface area is 166 Å². The zero-order chi connectivity index (χ0) is 20.1. The molecule has 4 N–H and O–H groups in total. The minimum absolute atomic E-state index is 0.120. The third-order valence-electron chi connectivity index (χ3n) is 5.76. The number of aliphatic hydroxyl groups excluding tert-OH is 4. The molecule has 0 aliphatic carbocycles. The number of hydrogen-bond donors (Lipinski definition) is 4. The van der Waals surface area contributed by atoms with Gasteiger partial charge in [0.15, 0.2) is 18.9 Å². The summed E-state index contributed by atoms with van der Waals surface area (Å²) in [6.45, 7) is 0.251. The normalized spacial score (nSPS) is 49.6. The highest BCUT2D eigenvalue weighted by Crippen LogP contribution is 2.36. The average Bonchev–Trinajstić information content (AvgIpc) is 3.20. The van der Waals surface area contributed by atoms with Crippen LogP contribution in [0.25, 0.3) is 0 Å². The Kier molecular flexibility index (Phi) is 5.33. The second-order valence-corrected chi connectivity index (χ2v) is 7.66. The van der Waals surface area contributed by atoms with E-state index in [1.807, 2.05) is 30.3 Å². The summed E-state index contributed by atoms with van der Waals surface area (Å²) in [7, 11) is 0. The lowest BCUT2D eigenvalue weighted by atomic mass is 9.97. The van der Waals surface area contributed by atoms with E-state index in [1.165, 1.54) is 0 Å². The molecule has 11 unspecified atom stereocenters. The van der Waals surface area contributed by atoms with Gasteiger partial charge in [0.2, 0.25) is 0 Å². The fraction of sp³-hybridized carbons (Fsp3) is 0.684. The first kappa shape index (κ1) is 19.8. The van der Waals surface area contributed by atoms with E-state index in [1.54, 1.807) is 0 Å². The van der Waals surface area contributed by atoms with Crippen LogP contribution in [0.2, 0.25) is 0 Å². The first-order valence-corrected chi connectivity index (χ1v) is 9.65. The summed E-state index contributed by atoms with van der Waals surface area (Å²) in [5.41, 5.74) is 0.790. The van der Waals surface area contributed by atoms with Crippen LogP contribution in [0.1, 0.15) is 11.9 Å². The van der Waals surface area contributed by atoms with Crippen LogP contribution in [-0.2, 0) is 28.4 Å². The summed E-state index contributed by atoms with van der Waals surface area (Å²) in [6, 6.07) is 9.26. The molecule has 2 bridgehead atoms. The van der Waals surface area contributed by atoms with Crippen molar-refractivity contribution in [3.05, 3.63) is 35.9 Å². The molecule has 1 aromatic carbocycles. The molecule has 4 aliphatic heterocycles. The maximum atomic E-state index is 10.6. The van der Waals surface area contributed by atoms with Gasteiger partial charge in [0, 0.05) is 5.56 Å². The molecular weight excluding hydrogens is 388 g/mol. The van der Waals surface area contributed by atoms with Crippen molar-refractivity contribution in [2.45, 2.75) is 67.7 Å². The van der Waals surface area contributed by atoms with Crippen LogP contribution in [0.4, 0.5) is 0 Å². The van der Waals surface area contributed by atoms with Gasteiger partial charge in [0.1, 0.15) is 48.8 Å². The van der Waals surface area contributed by atoms with E-state index in [0.29, 0.717) is 0 Å². The lowest BCUT2D eigenvalue weighted by molar-refractivity contribution is -0.376. The highest BCUT2D eigenvalue weighted by atomic mass is 16.8. The van der Waals surface area contributed by atoms with E-state index in [9.17, 15) is 20.4 Å². The first-order valence-electron chi connectivity index (χ1n) is 9.65. The third kappa shape index (κ3) is 3.49. The van der Waals surface area contributed by atoms with E-state index < -0.39 is 67.7 Å². The van der Waals surface area contributed by atoms with Crippen molar-refractivity contribution in [1.29, 1.82) is 0 Å². The molecule has 11 atom stereocenters. The van der Waals surface area contributed by atoms with Gasteiger partial charge in [0.05, 0.1) is 13.2 Å². The fourth-order valence-electron chi connectivity index (χ4n) is 4.16. The molecule has 4 aliphatic rings. The molecule has 4 fully saturated rings. The van der Waals surface area contributed by atoms with Gasteiger partial charge in [-0.15, -0.1) is 0 Å². The Balaban J connectivity index is 1.27. The van der Waals surface area contributed by atoms with Gasteiger partial charge in [-0.2, -0.15) is 0 Å². The van der Waals surface area contributed by atoms with E-state index >= 15 is 0 Å². The SMILES string of the molecule is OC1C(OC2C3COC(O3)C(O)C2O)OC2COC(c3ccccc3)OC2C1O. The summed E-state index contributed by atoms with van der Waals surface area (Å²) in [6.07, 6.45) is -11.3. The van der Waals surface area contributed by atoms with E-state index in [-0.39, 0.29) is 13.2 Å². The van der Waals surface area contributed by atoms with Crippen LogP contribution < -0.4 is 0 Å². The minimum Gasteiger partial charge on any atom is -0.387 e. The highest BCUT2D eigenvalue weighted by Gasteiger charge is 2.54. The molecule has 29 heavy (non-hydrogen) atoms. The summed E-state index contributed by atoms with van der Waals surface area (Å²) in [5.74, 6) is 0. The second kappa shape index (κ2) is 7.82. The van der Waals surface area contributed by atoms with Crippen LogP contribution in [0.15, 0.2) is 30.3 Å². The number of rotatable bonds is 3. The maximum Gasteiger partial charge on any atom is 0.187 e. The van der Waals surface area contributed by atoms with Gasteiger partial charge in [-0.05, 0) is 0 Å². The molecule has 0 saturated carbocycles. The summed E-state index contributed by atoms with van der Waals surface area (Å²) in [4.78, 5) is 0. The standard InChI is InChI=1S/C19H24O10/c20-11-13(22)18-25-7-9(26-18)16(11)29-19-14(23)12(21)15-10(27-19)6-24-17(28-15)8-4-2-1-3-5-8/h1-5,9-23H,6-7H2. The average molecular weight is 412 g/mol. The molecule has 4 heterocycles. The molecule has 1 aromatic rings. The largest absolute Gasteiger partial charge is 0.387 e. The van der Waals surface area contributed by atoms with Crippen molar-refractivity contribution in [2.75, 3.05) is 13.2 Å². The van der Waals surface area contributed by atoms with Gasteiger partial charge >= 0.3 is 0 Å². The Morgan fingerprint density at radius 2 is 1.52 bits per heavy atom. The van der Waals surface area contributed by atoms with Crippen molar-refractivity contribution in [3.63, 3.8) is 0 Å². The number of aliphatic hydroxyl groups is 4. The van der Waals surface area contributed by atoms with Crippen molar-refractivity contribution < 1.29 is 48.8 Å². The Morgan fingerprint density at radius 1 is 0.759 bits per heavy atom. The topological polar surface area (TPSA) is 136 Å². The van der Waals surface area contributed by atoms with E-state index in [0.717, 1.165) is 5.56 Å². The van der Waals surface area contributed by atoms with Crippen molar-refractivity contribution >= 4 is 0 Å². The molecule has 160 valence electrons. The van der Waals surface area contributed by atoms with Crippen LogP contribution in [-0.4, -0.2) is 95.1 Å². The van der Waals surface area contributed by atoms with E-state index in [4.69, 9.17) is 28.4 Å². The minimum atomic E-state index is -1.44. The second-order valence-electron chi connectivity index (χ2n) is 7.66. The lowest BCUT2D eigenvalue weighted by Crippen LogP contribution is -2.64. The third-order valence-corrected chi connectivity index (χ3v) is 5.76. The summed E-state index contributed by atoms with van der Waals surface area (Å²) < 4.78 is 33.8. The number of benzene rings is 1. The Hall–Kier alpha value is -1.18. The van der Waals surface area contributed by atoms with E-state index in [2.05, 4.69) is 0 Å². The Bertz CT molecular complexity index is 701. The molecule has 0 radical (unpaired) electrons. The zero-order valence-corrected chi connectivity index (χ0v) is 15.4. The number of fused-ring (bicyclic) bond motifs is 3. The number of hydrogen-bond acceptors (Lipinski definition) is 10. The summed E-state index contributed by atoms with van der Waals surface area (Å²) in [5, 5.41) is 41.5. The van der Waals surface area contributed by atoms with Crippen LogP contribution in [0.3, 0.4) is 0 Å². The monoisotopic (exact) mass is 412 g/mol. The van der Waals surface area contributed by atoms with Gasteiger partial charge in [-0.25, -0.2) is 0 Å². The van der Waals surface area contributed by atoms with Crippen molar-refractivity contribution in [1.82, 2.24) is 0 Å². The smallest absolute Gasteiger partial charge is 0.187 e. The van der Waals surface area contributed by atoms with Gasteiger partial charge in [-0.3, -0.25) is 0 Å². The fourth-order valence-corrected chi connectivity index (χ4v) is 4.16. The quantitative estimate of drug-likeness (QED) is 0.460. The van der Waals surface area contributed by atoms with Gasteiger partial charge in [0.25, 0.3) is 0 Å². The lowest BCUT2D eigenvalue weighted by Gasteiger charge is -2.47. The summed E-state index contributed by atoms with van der Waals surface area (Å²) >= 11 is 0. The predicted molar refractivity (Wildman–Crippen MR) is 92.2 cm³/mol. The zero-order valence-electron chi connectivity index (χ0n) is 15.4. The molecule has 5 rings (SSSR count). The maximum absolute atomic E-state index is 10.6. The van der Waals surface area contributed by atoms with Gasteiger partial charge in [-0.1, -0.05) is 30.3 Å².